The molecule has 1 aliphatic heterocycles. The Balaban J connectivity index is 2.14. The molecule has 0 spiro atoms. The van der Waals surface area contributed by atoms with Crippen LogP contribution in [0.15, 0.2) is 18.2 Å². The normalized spacial score (nSPS) is 17.2. The summed E-state index contributed by atoms with van der Waals surface area (Å²) in [4.78, 5) is 4.24. The van der Waals surface area contributed by atoms with E-state index in [1.807, 2.05) is 17.9 Å². The first-order valence-electron chi connectivity index (χ1n) is 5.86. The van der Waals surface area contributed by atoms with Gasteiger partial charge in [-0.05, 0) is 37.7 Å². The molecular formula is C13H18FN3. The molecule has 0 radical (unpaired) electrons. The number of nitrogens with zero attached hydrogens (tertiary/aromatic N) is 2. The third-order valence-corrected chi connectivity index (χ3v) is 3.14. The fraction of sp³-hybridized carbons (Fsp3) is 0.462. The number of amidine groups is 1. The van der Waals surface area contributed by atoms with Gasteiger partial charge in [-0.2, -0.15) is 0 Å². The summed E-state index contributed by atoms with van der Waals surface area (Å²) in [7, 11) is 2.08. The fourth-order valence-corrected chi connectivity index (χ4v) is 2.09. The van der Waals surface area contributed by atoms with E-state index in [0.717, 1.165) is 31.7 Å². The van der Waals surface area contributed by atoms with Gasteiger partial charge in [0.1, 0.15) is 11.7 Å². The zero-order valence-corrected chi connectivity index (χ0v) is 10.3. The minimum Gasteiger partial charge on any atom is -0.354 e. The molecule has 1 saturated heterocycles. The molecule has 0 bridgehead atoms. The Bertz CT molecular complexity index is 402. The number of rotatable bonds is 1. The van der Waals surface area contributed by atoms with Crippen molar-refractivity contribution in [3.8, 4) is 0 Å². The molecule has 1 heterocycles. The molecule has 1 N–H and O–H groups in total. The maximum Gasteiger partial charge on any atom is 0.128 e. The summed E-state index contributed by atoms with van der Waals surface area (Å²) in [5, 5.41) is 8.12. The Morgan fingerprint density at radius 1 is 1.18 bits per heavy atom. The predicted octanol–water partition coefficient (Wildman–Crippen LogP) is 1.71. The van der Waals surface area contributed by atoms with Gasteiger partial charge < -0.3 is 9.80 Å². The molecule has 0 atom stereocenters. The van der Waals surface area contributed by atoms with Gasteiger partial charge in [0.15, 0.2) is 0 Å². The number of likely N-dealkylation sites (N-methyl/N-ethyl adjacent to an activating group) is 1. The van der Waals surface area contributed by atoms with E-state index in [4.69, 9.17) is 5.41 Å². The lowest BCUT2D eigenvalue weighted by Crippen LogP contribution is -2.47. The number of benzene rings is 1. The number of aryl methyl sites for hydroxylation is 1. The highest BCUT2D eigenvalue weighted by molar-refractivity contribution is 5.96. The van der Waals surface area contributed by atoms with Gasteiger partial charge in [-0.3, -0.25) is 5.41 Å². The SMILES string of the molecule is Cc1cc(F)cc(C(=N)N2CCN(C)CC2)c1. The van der Waals surface area contributed by atoms with Crippen molar-refractivity contribution < 1.29 is 4.39 Å². The topological polar surface area (TPSA) is 30.3 Å². The Labute approximate surface area is 101 Å². The third kappa shape index (κ3) is 2.82. The minimum absolute atomic E-state index is 0.265. The highest BCUT2D eigenvalue weighted by Gasteiger charge is 2.17. The summed E-state index contributed by atoms with van der Waals surface area (Å²) in [6.07, 6.45) is 0. The maximum absolute atomic E-state index is 13.3. The van der Waals surface area contributed by atoms with Gasteiger partial charge >= 0.3 is 0 Å². The van der Waals surface area contributed by atoms with Crippen LogP contribution >= 0.6 is 0 Å². The van der Waals surface area contributed by atoms with Gasteiger partial charge in [0.05, 0.1) is 0 Å². The van der Waals surface area contributed by atoms with Crippen molar-refractivity contribution in [2.24, 2.45) is 0 Å². The summed E-state index contributed by atoms with van der Waals surface area (Å²) in [6.45, 7) is 5.44. The van der Waals surface area contributed by atoms with Crippen LogP contribution in [0.3, 0.4) is 0 Å². The lowest BCUT2D eigenvalue weighted by Gasteiger charge is -2.34. The van der Waals surface area contributed by atoms with Gasteiger partial charge in [-0.15, -0.1) is 0 Å². The molecule has 0 unspecified atom stereocenters. The first kappa shape index (κ1) is 12.0. The van der Waals surface area contributed by atoms with Crippen molar-refractivity contribution in [1.82, 2.24) is 9.80 Å². The summed E-state index contributed by atoms with van der Waals surface area (Å²) in [5.74, 6) is 0.166. The zero-order valence-electron chi connectivity index (χ0n) is 10.3. The summed E-state index contributed by atoms with van der Waals surface area (Å²) in [6, 6.07) is 4.79. The lowest BCUT2D eigenvalue weighted by molar-refractivity contribution is 0.215. The van der Waals surface area contributed by atoms with Gasteiger partial charge in [0.2, 0.25) is 0 Å². The van der Waals surface area contributed by atoms with E-state index in [1.54, 1.807) is 0 Å². The van der Waals surface area contributed by atoms with E-state index in [-0.39, 0.29) is 5.82 Å². The Kier molecular flexibility index (Phi) is 3.43. The van der Waals surface area contributed by atoms with Crippen molar-refractivity contribution in [3.05, 3.63) is 35.1 Å². The van der Waals surface area contributed by atoms with Crippen LogP contribution < -0.4 is 0 Å². The highest BCUT2D eigenvalue weighted by Crippen LogP contribution is 2.12. The summed E-state index contributed by atoms with van der Waals surface area (Å²) in [5.41, 5.74) is 1.53. The molecule has 1 aromatic carbocycles. The molecule has 4 heteroatoms. The van der Waals surface area contributed by atoms with Crippen LogP contribution in [0.5, 0.6) is 0 Å². The van der Waals surface area contributed by atoms with E-state index in [2.05, 4.69) is 11.9 Å². The van der Waals surface area contributed by atoms with Crippen LogP contribution in [0.1, 0.15) is 11.1 Å². The van der Waals surface area contributed by atoms with Gasteiger partial charge in [-0.25, -0.2) is 4.39 Å². The Morgan fingerprint density at radius 2 is 1.82 bits per heavy atom. The maximum atomic E-state index is 13.3. The smallest absolute Gasteiger partial charge is 0.128 e. The molecule has 1 aromatic rings. The molecule has 0 aromatic heterocycles. The van der Waals surface area contributed by atoms with Gasteiger partial charge in [-0.1, -0.05) is 0 Å². The average Bonchev–Trinajstić information content (AvgIpc) is 2.28. The van der Waals surface area contributed by atoms with E-state index in [0.29, 0.717) is 11.4 Å². The van der Waals surface area contributed by atoms with Crippen molar-refractivity contribution in [3.63, 3.8) is 0 Å². The number of hydrogen-bond donors (Lipinski definition) is 1. The minimum atomic E-state index is -0.265. The standard InChI is InChI=1S/C13H18FN3/c1-10-7-11(9-12(14)8-10)13(15)17-5-3-16(2)4-6-17/h7-9,15H,3-6H2,1-2H3. The Hall–Kier alpha value is -1.42. The molecule has 0 aliphatic carbocycles. The van der Waals surface area contributed by atoms with Crippen LogP contribution in [-0.2, 0) is 0 Å². The predicted molar refractivity (Wildman–Crippen MR) is 67.0 cm³/mol. The number of halogens is 1. The molecule has 0 amide bonds. The van der Waals surface area contributed by atoms with Crippen LogP contribution in [0.4, 0.5) is 4.39 Å². The van der Waals surface area contributed by atoms with E-state index in [1.165, 1.54) is 12.1 Å². The second kappa shape index (κ2) is 4.84. The molecule has 1 fully saturated rings. The van der Waals surface area contributed by atoms with Crippen LogP contribution in [0.25, 0.3) is 0 Å². The lowest BCUT2D eigenvalue weighted by atomic mass is 10.1. The number of piperazine rings is 1. The van der Waals surface area contributed by atoms with Gasteiger partial charge in [0.25, 0.3) is 0 Å². The summed E-state index contributed by atoms with van der Waals surface area (Å²) < 4.78 is 13.3. The average molecular weight is 235 g/mol. The van der Waals surface area contributed by atoms with E-state index < -0.39 is 0 Å². The summed E-state index contributed by atoms with van der Waals surface area (Å²) >= 11 is 0. The quantitative estimate of drug-likeness (QED) is 0.593. The number of hydrogen-bond acceptors (Lipinski definition) is 2. The molecular weight excluding hydrogens is 217 g/mol. The largest absolute Gasteiger partial charge is 0.354 e. The van der Waals surface area contributed by atoms with Crippen molar-refractivity contribution in [2.75, 3.05) is 33.2 Å². The molecule has 92 valence electrons. The molecule has 3 nitrogen and oxygen atoms in total. The van der Waals surface area contributed by atoms with Crippen LogP contribution in [-0.4, -0.2) is 48.9 Å². The second-order valence-electron chi connectivity index (χ2n) is 4.66. The molecule has 0 saturated carbocycles. The first-order chi connectivity index (χ1) is 8.06. The van der Waals surface area contributed by atoms with Crippen molar-refractivity contribution >= 4 is 5.84 Å². The molecule has 17 heavy (non-hydrogen) atoms. The van der Waals surface area contributed by atoms with Crippen LogP contribution in [0.2, 0.25) is 0 Å². The molecule has 2 rings (SSSR count). The number of nitrogens with one attached hydrogen (secondary N) is 1. The Morgan fingerprint density at radius 3 is 2.41 bits per heavy atom. The highest BCUT2D eigenvalue weighted by atomic mass is 19.1. The van der Waals surface area contributed by atoms with Crippen molar-refractivity contribution in [2.45, 2.75) is 6.92 Å². The molecule has 1 aliphatic rings. The fourth-order valence-electron chi connectivity index (χ4n) is 2.09. The monoisotopic (exact) mass is 235 g/mol. The van der Waals surface area contributed by atoms with E-state index in [9.17, 15) is 4.39 Å². The second-order valence-corrected chi connectivity index (χ2v) is 4.66. The first-order valence-corrected chi connectivity index (χ1v) is 5.86. The zero-order chi connectivity index (χ0) is 12.4. The van der Waals surface area contributed by atoms with Crippen LogP contribution in [0, 0.1) is 18.2 Å². The van der Waals surface area contributed by atoms with E-state index >= 15 is 0 Å². The third-order valence-electron chi connectivity index (χ3n) is 3.14. The van der Waals surface area contributed by atoms with Gasteiger partial charge in [0, 0.05) is 31.7 Å². The van der Waals surface area contributed by atoms with Crippen molar-refractivity contribution in [1.29, 1.82) is 5.41 Å².